The lowest BCUT2D eigenvalue weighted by Crippen LogP contribution is -2.14. The molecule has 0 radical (unpaired) electrons. The Morgan fingerprint density at radius 1 is 1.10 bits per heavy atom. The number of nitro groups is 2. The third kappa shape index (κ3) is 5.04. The molecule has 1 heterocycles. The molecule has 0 spiro atoms. The van der Waals surface area contributed by atoms with Gasteiger partial charge in [-0.05, 0) is 13.0 Å². The van der Waals surface area contributed by atoms with Crippen LogP contribution in [0.25, 0.3) is 0 Å². The van der Waals surface area contributed by atoms with Crippen LogP contribution in [-0.4, -0.2) is 21.4 Å². The number of hydrogen-bond donors (Lipinski definition) is 1. The summed E-state index contributed by atoms with van der Waals surface area (Å²) in [6.07, 6.45) is -9.83. The summed E-state index contributed by atoms with van der Waals surface area (Å²) in [6.45, 7) is 0.743. The Labute approximate surface area is 172 Å². The van der Waals surface area contributed by atoms with Crippen LogP contribution < -0.4 is 10.1 Å². The number of ether oxygens (including phenoxy) is 1. The van der Waals surface area contributed by atoms with Crippen LogP contribution >= 0.6 is 11.6 Å². The Morgan fingerprint density at radius 2 is 1.71 bits per heavy atom. The van der Waals surface area contributed by atoms with Gasteiger partial charge in [0.1, 0.15) is 11.4 Å². The number of rotatable bonds is 6. The number of hydrogen-bond acceptors (Lipinski definition) is 7. The van der Waals surface area contributed by atoms with E-state index in [2.05, 4.69) is 4.98 Å². The Balaban J connectivity index is 2.81. The molecule has 1 aromatic carbocycles. The van der Waals surface area contributed by atoms with E-state index in [1.807, 2.05) is 5.32 Å². The summed E-state index contributed by atoms with van der Waals surface area (Å²) in [6, 6.07) is 0.375. The molecule has 168 valence electrons. The van der Waals surface area contributed by atoms with Gasteiger partial charge in [-0.15, -0.1) is 0 Å². The van der Waals surface area contributed by atoms with Gasteiger partial charge in [-0.25, -0.2) is 4.98 Å². The number of pyridine rings is 1. The predicted octanol–water partition coefficient (Wildman–Crippen LogP) is 5.73. The summed E-state index contributed by atoms with van der Waals surface area (Å²) in [5.41, 5.74) is -7.07. The molecule has 16 heteroatoms. The molecule has 2 aromatic rings. The van der Waals surface area contributed by atoms with E-state index in [0.717, 1.165) is 0 Å². The number of aromatic nitrogens is 1. The van der Waals surface area contributed by atoms with Gasteiger partial charge in [0.15, 0.2) is 0 Å². The Morgan fingerprint density at radius 3 is 2.13 bits per heavy atom. The molecule has 1 aromatic heterocycles. The summed E-state index contributed by atoms with van der Waals surface area (Å²) in [5, 5.41) is 24.1. The van der Waals surface area contributed by atoms with E-state index in [0.29, 0.717) is 6.07 Å². The number of nitrogens with one attached hydrogen (secondary N) is 1. The number of alkyl halides is 6. The monoisotopic (exact) mass is 474 g/mol. The van der Waals surface area contributed by atoms with Gasteiger partial charge in [0, 0.05) is 12.3 Å². The fraction of sp³-hybridized carbons (Fsp3) is 0.267. The summed E-state index contributed by atoms with van der Waals surface area (Å²) in [7, 11) is 0. The second-order valence-electron chi connectivity index (χ2n) is 5.62. The quantitative estimate of drug-likeness (QED) is 0.322. The molecule has 0 aliphatic carbocycles. The highest BCUT2D eigenvalue weighted by Crippen LogP contribution is 2.50. The van der Waals surface area contributed by atoms with Gasteiger partial charge in [0.2, 0.25) is 11.4 Å². The van der Waals surface area contributed by atoms with E-state index < -0.39 is 73.6 Å². The van der Waals surface area contributed by atoms with Crippen LogP contribution in [0, 0.1) is 20.2 Å². The van der Waals surface area contributed by atoms with Crippen LogP contribution in [-0.2, 0) is 12.4 Å². The van der Waals surface area contributed by atoms with Crippen LogP contribution in [0.2, 0.25) is 5.02 Å². The third-order valence-corrected chi connectivity index (χ3v) is 3.91. The zero-order chi connectivity index (χ0) is 23.7. The largest absolute Gasteiger partial charge is 0.487 e. The highest BCUT2D eigenvalue weighted by molar-refractivity contribution is 6.33. The Bertz CT molecular complexity index is 1040. The first kappa shape index (κ1) is 23.9. The zero-order valence-electron chi connectivity index (χ0n) is 15.0. The molecular weight excluding hydrogens is 466 g/mol. The average Bonchev–Trinajstić information content (AvgIpc) is 2.61. The molecule has 0 saturated carbocycles. The van der Waals surface area contributed by atoms with Crippen LogP contribution in [0.5, 0.6) is 5.75 Å². The van der Waals surface area contributed by atoms with Crippen molar-refractivity contribution in [3.63, 3.8) is 0 Å². The molecule has 9 nitrogen and oxygen atoms in total. The smallest absolute Gasteiger partial charge is 0.420 e. The van der Waals surface area contributed by atoms with Gasteiger partial charge in [0.05, 0.1) is 27.0 Å². The highest BCUT2D eigenvalue weighted by Gasteiger charge is 2.44. The first-order chi connectivity index (χ1) is 14.2. The molecule has 0 saturated heterocycles. The summed E-state index contributed by atoms with van der Waals surface area (Å²) < 4.78 is 83.0. The molecule has 0 aliphatic heterocycles. The molecule has 0 atom stereocenters. The molecule has 0 bridgehead atoms. The average molecular weight is 475 g/mol. The summed E-state index contributed by atoms with van der Waals surface area (Å²) in [4.78, 5) is 23.5. The fourth-order valence-electron chi connectivity index (χ4n) is 2.38. The first-order valence-corrected chi connectivity index (χ1v) is 8.25. The molecule has 0 amide bonds. The first-order valence-electron chi connectivity index (χ1n) is 7.88. The second kappa shape index (κ2) is 8.41. The van der Waals surface area contributed by atoms with Gasteiger partial charge >= 0.3 is 23.7 Å². The molecule has 0 fully saturated rings. The lowest BCUT2D eigenvalue weighted by molar-refractivity contribution is -0.393. The maximum absolute atomic E-state index is 13.4. The molecule has 0 unspecified atom stereocenters. The Kier molecular flexibility index (Phi) is 6.49. The van der Waals surface area contributed by atoms with Gasteiger partial charge in [0.25, 0.3) is 0 Å². The van der Waals surface area contributed by atoms with Gasteiger partial charge in [-0.2, -0.15) is 26.3 Å². The molecule has 2 rings (SSSR count). The van der Waals surface area contributed by atoms with Crippen molar-refractivity contribution in [1.29, 1.82) is 0 Å². The lowest BCUT2D eigenvalue weighted by atomic mass is 10.1. The number of nitro benzene ring substituents is 2. The third-order valence-electron chi connectivity index (χ3n) is 3.62. The van der Waals surface area contributed by atoms with E-state index in [9.17, 15) is 46.6 Å². The van der Waals surface area contributed by atoms with E-state index in [1.165, 1.54) is 6.92 Å². The molecule has 0 aliphatic rings. The Hall–Kier alpha value is -3.36. The minimum atomic E-state index is -5.26. The van der Waals surface area contributed by atoms with Crippen LogP contribution in [0.15, 0.2) is 18.3 Å². The number of benzene rings is 1. The van der Waals surface area contributed by atoms with Crippen molar-refractivity contribution in [1.82, 2.24) is 4.98 Å². The van der Waals surface area contributed by atoms with Crippen LogP contribution in [0.4, 0.5) is 49.2 Å². The van der Waals surface area contributed by atoms with Crippen molar-refractivity contribution in [3.05, 3.63) is 54.7 Å². The number of nitrogens with zero attached hydrogens (tertiary/aromatic N) is 3. The fourth-order valence-corrected chi connectivity index (χ4v) is 2.60. The summed E-state index contributed by atoms with van der Waals surface area (Å²) >= 11 is 5.68. The van der Waals surface area contributed by atoms with E-state index in [-0.39, 0.29) is 12.3 Å². The highest BCUT2D eigenvalue weighted by atomic mass is 35.5. The molecular formula is C15H9ClF6N4O5. The standard InChI is InChI=1S/C15H9ClF6N4O5/c1-2-31-12-7(15(20,21)22)4-9(25(27)28)10(11(12)26(29)30)24-13-8(16)3-6(5-23-13)14(17,18)19/h3-5H,2H2,1H3,(H,23,24). The maximum Gasteiger partial charge on any atom is 0.420 e. The number of halogens is 7. The second-order valence-corrected chi connectivity index (χ2v) is 6.03. The van der Waals surface area contributed by atoms with Crippen molar-refractivity contribution in [2.24, 2.45) is 0 Å². The van der Waals surface area contributed by atoms with Gasteiger partial charge in [-0.1, -0.05) is 11.6 Å². The van der Waals surface area contributed by atoms with Crippen LogP contribution in [0.1, 0.15) is 18.1 Å². The zero-order valence-corrected chi connectivity index (χ0v) is 15.7. The SMILES string of the molecule is CCOc1c(C(F)(F)F)cc([N+](=O)[O-])c(Nc2ncc(C(F)(F)F)cc2Cl)c1[N+](=O)[O-]. The minimum Gasteiger partial charge on any atom is -0.487 e. The van der Waals surface area contributed by atoms with Crippen molar-refractivity contribution in [3.8, 4) is 5.75 Å². The van der Waals surface area contributed by atoms with E-state index in [4.69, 9.17) is 16.3 Å². The maximum atomic E-state index is 13.4. The summed E-state index contributed by atoms with van der Waals surface area (Å²) in [5.74, 6) is -2.03. The van der Waals surface area contributed by atoms with Gasteiger partial charge < -0.3 is 10.1 Å². The topological polar surface area (TPSA) is 120 Å². The molecule has 31 heavy (non-hydrogen) atoms. The normalized spacial score (nSPS) is 11.9. The lowest BCUT2D eigenvalue weighted by Gasteiger charge is -2.16. The van der Waals surface area contributed by atoms with E-state index in [1.54, 1.807) is 0 Å². The van der Waals surface area contributed by atoms with Crippen molar-refractivity contribution < 1.29 is 40.9 Å². The van der Waals surface area contributed by atoms with Crippen molar-refractivity contribution >= 4 is 34.5 Å². The van der Waals surface area contributed by atoms with Crippen LogP contribution in [0.3, 0.4) is 0 Å². The van der Waals surface area contributed by atoms with E-state index >= 15 is 0 Å². The van der Waals surface area contributed by atoms with Gasteiger partial charge in [-0.3, -0.25) is 20.2 Å². The van der Waals surface area contributed by atoms with Crippen molar-refractivity contribution in [2.75, 3.05) is 11.9 Å². The predicted molar refractivity (Wildman–Crippen MR) is 93.5 cm³/mol. The minimum absolute atomic E-state index is 0.00167. The molecule has 1 N–H and O–H groups in total. The van der Waals surface area contributed by atoms with Crippen molar-refractivity contribution in [2.45, 2.75) is 19.3 Å². The number of anilines is 2.